The molecule has 0 saturated carbocycles. The van der Waals surface area contributed by atoms with Crippen LogP contribution in [0.1, 0.15) is 19.4 Å². The van der Waals surface area contributed by atoms with Gasteiger partial charge in [-0.1, -0.05) is 6.07 Å². The quantitative estimate of drug-likeness (QED) is 0.687. The summed E-state index contributed by atoms with van der Waals surface area (Å²) in [4.78, 5) is 4.47. The van der Waals surface area contributed by atoms with Gasteiger partial charge in [0, 0.05) is 11.3 Å². The largest absolute Gasteiger partial charge is 0.475 e. The van der Waals surface area contributed by atoms with Gasteiger partial charge in [0.1, 0.15) is 6.61 Å². The van der Waals surface area contributed by atoms with Crippen molar-refractivity contribution < 1.29 is 4.74 Å². The van der Waals surface area contributed by atoms with E-state index in [9.17, 15) is 0 Å². The summed E-state index contributed by atoms with van der Waals surface area (Å²) in [6.45, 7) is 4.73. The van der Waals surface area contributed by atoms with Crippen molar-refractivity contribution in [3.05, 3.63) is 29.8 Å². The number of rotatable bonds is 1. The van der Waals surface area contributed by atoms with Crippen LogP contribution in [0, 0.1) is 0 Å². The Balaban J connectivity index is 2.33. The minimum absolute atomic E-state index is 0.111. The number of hydrogen-bond acceptors (Lipinski definition) is 3. The van der Waals surface area contributed by atoms with Crippen LogP contribution in [0.3, 0.4) is 0 Å². The third-order valence-electron chi connectivity index (χ3n) is 2.10. The molecule has 1 aromatic rings. The average Bonchev–Trinajstić information content (AvgIpc) is 2.46. The topological polar surface area (TPSA) is 47.6 Å². The maximum atomic E-state index is 5.68. The van der Waals surface area contributed by atoms with Crippen LogP contribution >= 0.6 is 0 Å². The molecule has 0 radical (unpaired) electrons. The van der Waals surface area contributed by atoms with E-state index in [2.05, 4.69) is 4.99 Å². The van der Waals surface area contributed by atoms with Crippen molar-refractivity contribution in [1.82, 2.24) is 0 Å². The van der Waals surface area contributed by atoms with Crippen LogP contribution in [0.15, 0.2) is 29.3 Å². The highest BCUT2D eigenvalue weighted by atomic mass is 16.5. The first kappa shape index (κ1) is 9.06. The Hall–Kier alpha value is -1.51. The average molecular weight is 190 g/mol. The maximum absolute atomic E-state index is 5.68. The van der Waals surface area contributed by atoms with Gasteiger partial charge in [0.15, 0.2) is 0 Å². The zero-order valence-electron chi connectivity index (χ0n) is 8.45. The number of nitrogens with zero attached hydrogens (tertiary/aromatic N) is 1. The third-order valence-corrected chi connectivity index (χ3v) is 2.10. The van der Waals surface area contributed by atoms with Crippen LogP contribution in [0.25, 0.3) is 0 Å². The monoisotopic (exact) mass is 190 g/mol. The minimum atomic E-state index is -0.111. The molecule has 2 N–H and O–H groups in total. The van der Waals surface area contributed by atoms with Crippen molar-refractivity contribution in [2.24, 2.45) is 4.99 Å². The molecule has 0 fully saturated rings. The highest BCUT2D eigenvalue weighted by Crippen LogP contribution is 2.21. The van der Waals surface area contributed by atoms with Crippen LogP contribution < -0.4 is 5.73 Å². The molecule has 74 valence electrons. The van der Waals surface area contributed by atoms with Gasteiger partial charge in [-0.25, -0.2) is 4.99 Å². The summed E-state index contributed by atoms with van der Waals surface area (Å²) in [5, 5.41) is 0. The SMILES string of the molecule is CC1(C)COC(c2cccc(N)c2)=N1. The Morgan fingerprint density at radius 1 is 1.43 bits per heavy atom. The Kier molecular flexibility index (Phi) is 1.95. The number of nitrogen functional groups attached to an aromatic ring is 1. The Bertz CT molecular complexity index is 383. The molecule has 1 aromatic carbocycles. The summed E-state index contributed by atoms with van der Waals surface area (Å²) in [7, 11) is 0. The van der Waals surface area contributed by atoms with Gasteiger partial charge in [-0.2, -0.15) is 0 Å². The van der Waals surface area contributed by atoms with Crippen LogP contribution in [0.5, 0.6) is 0 Å². The zero-order chi connectivity index (χ0) is 10.2. The standard InChI is InChI=1S/C11H14N2O/c1-11(2)7-14-10(13-11)8-4-3-5-9(12)6-8/h3-6H,7,12H2,1-2H3. The smallest absolute Gasteiger partial charge is 0.216 e. The van der Waals surface area contributed by atoms with E-state index in [0.717, 1.165) is 11.3 Å². The Labute approximate surface area is 83.6 Å². The van der Waals surface area contributed by atoms with Crippen LogP contribution in [0.4, 0.5) is 5.69 Å². The van der Waals surface area contributed by atoms with Crippen molar-refractivity contribution >= 4 is 11.6 Å². The first-order valence-electron chi connectivity index (χ1n) is 4.65. The van der Waals surface area contributed by atoms with Crippen LogP contribution in [0.2, 0.25) is 0 Å². The molecule has 2 rings (SSSR count). The van der Waals surface area contributed by atoms with Gasteiger partial charge in [0.2, 0.25) is 5.90 Å². The van der Waals surface area contributed by atoms with E-state index in [-0.39, 0.29) is 5.54 Å². The van der Waals surface area contributed by atoms with Crippen molar-refractivity contribution in [2.75, 3.05) is 12.3 Å². The van der Waals surface area contributed by atoms with Gasteiger partial charge < -0.3 is 10.5 Å². The first-order chi connectivity index (χ1) is 6.57. The van der Waals surface area contributed by atoms with E-state index in [1.54, 1.807) is 0 Å². The number of anilines is 1. The highest BCUT2D eigenvalue weighted by Gasteiger charge is 2.26. The van der Waals surface area contributed by atoms with E-state index >= 15 is 0 Å². The molecular formula is C11H14N2O. The highest BCUT2D eigenvalue weighted by molar-refractivity contribution is 5.96. The van der Waals surface area contributed by atoms with E-state index in [1.165, 1.54) is 0 Å². The molecule has 1 aliphatic heterocycles. The van der Waals surface area contributed by atoms with Crippen molar-refractivity contribution in [3.63, 3.8) is 0 Å². The van der Waals surface area contributed by atoms with Crippen LogP contribution in [-0.2, 0) is 4.74 Å². The number of benzene rings is 1. The predicted molar refractivity (Wildman–Crippen MR) is 57.4 cm³/mol. The maximum Gasteiger partial charge on any atom is 0.216 e. The summed E-state index contributed by atoms with van der Waals surface area (Å²) in [5.41, 5.74) is 7.26. The molecule has 3 heteroatoms. The second-order valence-electron chi connectivity index (χ2n) is 4.14. The van der Waals surface area contributed by atoms with Crippen molar-refractivity contribution in [2.45, 2.75) is 19.4 Å². The third kappa shape index (κ3) is 1.71. The number of aliphatic imine (C=N–C) groups is 1. The Morgan fingerprint density at radius 2 is 2.21 bits per heavy atom. The second kappa shape index (κ2) is 3.01. The van der Waals surface area contributed by atoms with Gasteiger partial charge in [-0.05, 0) is 32.0 Å². The molecule has 0 amide bonds. The summed E-state index contributed by atoms with van der Waals surface area (Å²) < 4.78 is 5.50. The summed E-state index contributed by atoms with van der Waals surface area (Å²) in [6.07, 6.45) is 0. The molecule has 0 atom stereocenters. The molecule has 1 heterocycles. The van der Waals surface area contributed by atoms with Crippen molar-refractivity contribution in [3.8, 4) is 0 Å². The van der Waals surface area contributed by atoms with Gasteiger partial charge in [-0.3, -0.25) is 0 Å². The van der Waals surface area contributed by atoms with Gasteiger partial charge in [0.05, 0.1) is 5.54 Å². The fourth-order valence-electron chi connectivity index (χ4n) is 1.40. The fourth-order valence-corrected chi connectivity index (χ4v) is 1.40. The van der Waals surface area contributed by atoms with Gasteiger partial charge in [-0.15, -0.1) is 0 Å². The molecule has 3 nitrogen and oxygen atoms in total. The minimum Gasteiger partial charge on any atom is -0.475 e. The van der Waals surface area contributed by atoms with Crippen LogP contribution in [-0.4, -0.2) is 18.0 Å². The molecule has 0 unspecified atom stereocenters. The normalized spacial score (nSPS) is 18.9. The van der Waals surface area contributed by atoms with Gasteiger partial charge in [0.25, 0.3) is 0 Å². The number of ether oxygens (including phenoxy) is 1. The lowest BCUT2D eigenvalue weighted by atomic mass is 10.1. The molecule has 0 spiro atoms. The fraction of sp³-hybridized carbons (Fsp3) is 0.364. The molecule has 0 saturated heterocycles. The van der Waals surface area contributed by atoms with Gasteiger partial charge >= 0.3 is 0 Å². The lowest BCUT2D eigenvalue weighted by molar-refractivity contribution is 0.279. The van der Waals surface area contributed by atoms with E-state index in [4.69, 9.17) is 10.5 Å². The summed E-state index contributed by atoms with van der Waals surface area (Å²) in [6, 6.07) is 7.59. The number of hydrogen-bond donors (Lipinski definition) is 1. The molecule has 0 aromatic heterocycles. The number of nitrogens with two attached hydrogens (primary N) is 1. The molecular weight excluding hydrogens is 176 g/mol. The van der Waals surface area contributed by atoms with E-state index < -0.39 is 0 Å². The Morgan fingerprint density at radius 3 is 2.79 bits per heavy atom. The van der Waals surface area contributed by atoms with Crippen molar-refractivity contribution in [1.29, 1.82) is 0 Å². The second-order valence-corrected chi connectivity index (χ2v) is 4.14. The molecule has 0 aliphatic carbocycles. The predicted octanol–water partition coefficient (Wildman–Crippen LogP) is 1.82. The lowest BCUT2D eigenvalue weighted by Crippen LogP contribution is -2.17. The molecule has 1 aliphatic rings. The molecule has 14 heavy (non-hydrogen) atoms. The summed E-state index contributed by atoms with van der Waals surface area (Å²) in [5.74, 6) is 0.697. The zero-order valence-corrected chi connectivity index (χ0v) is 8.45. The van der Waals surface area contributed by atoms with E-state index in [0.29, 0.717) is 12.5 Å². The molecule has 0 bridgehead atoms. The lowest BCUT2D eigenvalue weighted by Gasteiger charge is -2.07. The van der Waals surface area contributed by atoms with E-state index in [1.807, 2.05) is 38.1 Å². The first-order valence-corrected chi connectivity index (χ1v) is 4.65. The summed E-state index contributed by atoms with van der Waals surface area (Å²) >= 11 is 0.